The van der Waals surface area contributed by atoms with Crippen molar-refractivity contribution < 1.29 is 27.5 Å². The van der Waals surface area contributed by atoms with E-state index in [1.807, 2.05) is 0 Å². The van der Waals surface area contributed by atoms with Gasteiger partial charge in [0.2, 0.25) is 0 Å². The van der Waals surface area contributed by atoms with Gasteiger partial charge in [0.25, 0.3) is 5.91 Å². The number of nitrogens with one attached hydrogen (secondary N) is 1. The highest BCUT2D eigenvalue weighted by Gasteiger charge is 2.15. The van der Waals surface area contributed by atoms with Crippen molar-refractivity contribution in [2.45, 2.75) is 13.0 Å². The van der Waals surface area contributed by atoms with Crippen LogP contribution in [0.2, 0.25) is 5.02 Å². The van der Waals surface area contributed by atoms with E-state index < -0.39 is 42.0 Å². The molecule has 0 heterocycles. The summed E-state index contributed by atoms with van der Waals surface area (Å²) in [6.45, 7) is 0.925. The van der Waals surface area contributed by atoms with Gasteiger partial charge in [-0.2, -0.15) is 0 Å². The number of carbonyl (C=O) groups excluding carboxylic acids is 2. The average molecular weight is 398 g/mol. The van der Waals surface area contributed by atoms with Gasteiger partial charge in [-0.05, 0) is 36.8 Å². The lowest BCUT2D eigenvalue weighted by atomic mass is 10.1. The standard InChI is InChI=1S/C19H15ClF3NO3/c1-11(14-5-4-13(21)9-17(14)23)24-18(25)10-27-19(26)7-3-12-2-6-16(22)15(20)8-12/h2-9,11H,10H2,1H3,(H,24,25)/b7-3+/t11-/m0/s1. The minimum Gasteiger partial charge on any atom is -0.452 e. The molecule has 0 aliphatic carbocycles. The Hall–Kier alpha value is -2.80. The minimum atomic E-state index is -0.800. The first-order valence-electron chi connectivity index (χ1n) is 7.80. The highest BCUT2D eigenvalue weighted by Crippen LogP contribution is 2.18. The van der Waals surface area contributed by atoms with Gasteiger partial charge in [0.05, 0.1) is 11.1 Å². The molecule has 142 valence electrons. The van der Waals surface area contributed by atoms with E-state index in [0.717, 1.165) is 18.2 Å². The van der Waals surface area contributed by atoms with Crippen LogP contribution in [0.25, 0.3) is 6.08 Å². The largest absolute Gasteiger partial charge is 0.452 e. The van der Waals surface area contributed by atoms with Crippen molar-refractivity contribution in [2.75, 3.05) is 6.61 Å². The summed E-state index contributed by atoms with van der Waals surface area (Å²) in [5, 5.41) is 2.35. The Morgan fingerprint density at radius 2 is 1.89 bits per heavy atom. The molecule has 0 unspecified atom stereocenters. The predicted octanol–water partition coefficient (Wildman–Crippen LogP) is 4.19. The molecule has 0 spiro atoms. The molecule has 0 saturated carbocycles. The van der Waals surface area contributed by atoms with Crippen molar-refractivity contribution in [1.29, 1.82) is 0 Å². The molecule has 0 bridgehead atoms. The smallest absolute Gasteiger partial charge is 0.331 e. The average Bonchev–Trinajstić information content (AvgIpc) is 2.60. The van der Waals surface area contributed by atoms with Crippen LogP contribution in [0.4, 0.5) is 13.2 Å². The number of ether oxygens (including phenoxy) is 1. The molecule has 0 aromatic heterocycles. The molecule has 8 heteroatoms. The highest BCUT2D eigenvalue weighted by atomic mass is 35.5. The van der Waals surface area contributed by atoms with E-state index in [1.54, 1.807) is 0 Å². The number of hydrogen-bond donors (Lipinski definition) is 1. The van der Waals surface area contributed by atoms with Crippen LogP contribution in [0.5, 0.6) is 0 Å². The molecule has 0 radical (unpaired) electrons. The third-order valence-corrected chi connectivity index (χ3v) is 3.80. The molecule has 1 atom stereocenters. The van der Waals surface area contributed by atoms with E-state index in [1.165, 1.54) is 31.2 Å². The summed E-state index contributed by atoms with van der Waals surface area (Å²) in [5.74, 6) is -3.55. The number of esters is 1. The summed E-state index contributed by atoms with van der Waals surface area (Å²) in [4.78, 5) is 23.4. The molecule has 4 nitrogen and oxygen atoms in total. The summed E-state index contributed by atoms with van der Waals surface area (Å²) in [5.41, 5.74) is 0.576. The maximum Gasteiger partial charge on any atom is 0.331 e. The Bertz CT molecular complexity index is 886. The van der Waals surface area contributed by atoms with E-state index in [-0.39, 0.29) is 10.6 Å². The Kier molecular flexibility index (Phi) is 7.01. The quantitative estimate of drug-likeness (QED) is 0.587. The second kappa shape index (κ2) is 9.23. The summed E-state index contributed by atoms with van der Waals surface area (Å²) in [6.07, 6.45) is 2.40. The molecule has 2 rings (SSSR count). The van der Waals surface area contributed by atoms with Crippen molar-refractivity contribution in [3.63, 3.8) is 0 Å². The molecule has 0 saturated heterocycles. The molecular weight excluding hydrogens is 383 g/mol. The first-order chi connectivity index (χ1) is 12.8. The normalized spacial score (nSPS) is 12.0. The van der Waals surface area contributed by atoms with Gasteiger partial charge in [0.15, 0.2) is 6.61 Å². The molecule has 2 aromatic carbocycles. The number of carbonyl (C=O) groups is 2. The van der Waals surface area contributed by atoms with E-state index in [2.05, 4.69) is 5.32 Å². The van der Waals surface area contributed by atoms with Crippen LogP contribution >= 0.6 is 11.6 Å². The van der Waals surface area contributed by atoms with Crippen LogP contribution in [-0.4, -0.2) is 18.5 Å². The third kappa shape index (κ3) is 6.14. The molecule has 2 aromatic rings. The minimum absolute atomic E-state index is 0.0908. The number of amides is 1. The Balaban J connectivity index is 1.84. The highest BCUT2D eigenvalue weighted by molar-refractivity contribution is 6.30. The van der Waals surface area contributed by atoms with Gasteiger partial charge >= 0.3 is 5.97 Å². The molecule has 0 aliphatic heterocycles. The van der Waals surface area contributed by atoms with E-state index >= 15 is 0 Å². The zero-order chi connectivity index (χ0) is 20.0. The monoisotopic (exact) mass is 397 g/mol. The van der Waals surface area contributed by atoms with Gasteiger partial charge in [0.1, 0.15) is 17.5 Å². The van der Waals surface area contributed by atoms with Crippen molar-refractivity contribution in [3.8, 4) is 0 Å². The van der Waals surface area contributed by atoms with E-state index in [4.69, 9.17) is 16.3 Å². The summed E-state index contributed by atoms with van der Waals surface area (Å²) < 4.78 is 44.4. The Labute approximate surface area is 158 Å². The lowest BCUT2D eigenvalue weighted by molar-refractivity contribution is -0.144. The fraction of sp³-hybridized carbons (Fsp3) is 0.158. The Morgan fingerprint density at radius 1 is 1.15 bits per heavy atom. The Morgan fingerprint density at radius 3 is 2.56 bits per heavy atom. The second-order valence-electron chi connectivity index (χ2n) is 5.57. The van der Waals surface area contributed by atoms with Crippen LogP contribution in [0.15, 0.2) is 42.5 Å². The van der Waals surface area contributed by atoms with Crippen molar-refractivity contribution in [3.05, 3.63) is 76.1 Å². The van der Waals surface area contributed by atoms with Crippen LogP contribution < -0.4 is 5.32 Å². The van der Waals surface area contributed by atoms with Crippen molar-refractivity contribution in [2.24, 2.45) is 0 Å². The third-order valence-electron chi connectivity index (χ3n) is 3.51. The van der Waals surface area contributed by atoms with Crippen LogP contribution in [-0.2, 0) is 14.3 Å². The van der Waals surface area contributed by atoms with Crippen LogP contribution in [0, 0.1) is 17.5 Å². The number of hydrogen-bond acceptors (Lipinski definition) is 3. The number of rotatable bonds is 6. The zero-order valence-electron chi connectivity index (χ0n) is 14.1. The fourth-order valence-corrected chi connectivity index (χ4v) is 2.37. The van der Waals surface area contributed by atoms with Crippen LogP contribution in [0.3, 0.4) is 0 Å². The lowest BCUT2D eigenvalue weighted by Crippen LogP contribution is -2.31. The first kappa shape index (κ1) is 20.5. The summed E-state index contributed by atoms with van der Waals surface area (Å²) >= 11 is 5.63. The van der Waals surface area contributed by atoms with Gasteiger partial charge in [-0.1, -0.05) is 23.7 Å². The van der Waals surface area contributed by atoms with Gasteiger partial charge in [-0.25, -0.2) is 18.0 Å². The van der Waals surface area contributed by atoms with Gasteiger partial charge < -0.3 is 10.1 Å². The molecule has 1 N–H and O–H groups in total. The maximum atomic E-state index is 13.7. The van der Waals surface area contributed by atoms with E-state index in [9.17, 15) is 22.8 Å². The second-order valence-corrected chi connectivity index (χ2v) is 5.98. The topological polar surface area (TPSA) is 55.4 Å². The van der Waals surface area contributed by atoms with Gasteiger partial charge in [0, 0.05) is 17.7 Å². The molecule has 0 aliphatic rings. The van der Waals surface area contributed by atoms with Gasteiger partial charge in [-0.3, -0.25) is 4.79 Å². The maximum absolute atomic E-state index is 13.7. The molecule has 27 heavy (non-hydrogen) atoms. The fourth-order valence-electron chi connectivity index (χ4n) is 2.18. The summed E-state index contributed by atoms with van der Waals surface area (Å²) in [6, 6.07) is 6.16. The number of halogens is 4. The lowest BCUT2D eigenvalue weighted by Gasteiger charge is -2.15. The predicted molar refractivity (Wildman–Crippen MR) is 94.3 cm³/mol. The van der Waals surface area contributed by atoms with Gasteiger partial charge in [-0.15, -0.1) is 0 Å². The zero-order valence-corrected chi connectivity index (χ0v) is 14.9. The van der Waals surface area contributed by atoms with Crippen molar-refractivity contribution >= 4 is 29.6 Å². The van der Waals surface area contributed by atoms with E-state index in [0.29, 0.717) is 11.6 Å². The first-order valence-corrected chi connectivity index (χ1v) is 8.18. The van der Waals surface area contributed by atoms with Crippen molar-refractivity contribution in [1.82, 2.24) is 5.32 Å². The molecule has 1 amide bonds. The SMILES string of the molecule is C[C@H](NC(=O)COC(=O)/C=C/c1ccc(F)c(Cl)c1)c1ccc(F)cc1F. The molecular formula is C19H15ClF3NO3. The number of benzene rings is 2. The summed E-state index contributed by atoms with van der Waals surface area (Å²) in [7, 11) is 0. The molecule has 0 fully saturated rings. The van der Waals surface area contributed by atoms with Crippen LogP contribution in [0.1, 0.15) is 24.1 Å².